The van der Waals surface area contributed by atoms with E-state index in [2.05, 4.69) is 26.3 Å². The first-order valence-electron chi connectivity index (χ1n) is 5.84. The lowest BCUT2D eigenvalue weighted by Crippen LogP contribution is -2.16. The number of aromatic nitrogens is 3. The van der Waals surface area contributed by atoms with Crippen LogP contribution in [-0.2, 0) is 6.54 Å². The fraction of sp³-hybridized carbons (Fsp3) is 0.500. The van der Waals surface area contributed by atoms with Crippen molar-refractivity contribution in [3.63, 3.8) is 0 Å². The Hall–Kier alpha value is -1.42. The minimum absolute atomic E-state index is 0.822. The molecule has 4 nitrogen and oxygen atoms in total. The third-order valence-electron chi connectivity index (χ3n) is 3.04. The van der Waals surface area contributed by atoms with Crippen LogP contribution in [0.4, 0.5) is 0 Å². The van der Waals surface area contributed by atoms with Gasteiger partial charge in [0.25, 0.3) is 0 Å². The molecular formula is C12H16N4. The number of nitrogens with zero attached hydrogens (tertiary/aromatic N) is 2. The number of aromatic amines is 1. The van der Waals surface area contributed by atoms with Crippen LogP contribution >= 0.6 is 0 Å². The van der Waals surface area contributed by atoms with E-state index in [1.807, 2.05) is 13.1 Å². The lowest BCUT2D eigenvalue weighted by Gasteiger charge is -2.04. The Bertz CT molecular complexity index is 499. The zero-order chi connectivity index (χ0) is 11.0. The molecule has 0 saturated heterocycles. The largest absolute Gasteiger partial charge is 0.341 e. The van der Waals surface area contributed by atoms with Gasteiger partial charge in [-0.05, 0) is 43.9 Å². The number of nitrogens with one attached hydrogen (secondary N) is 2. The van der Waals surface area contributed by atoms with Gasteiger partial charge in [-0.1, -0.05) is 0 Å². The van der Waals surface area contributed by atoms with Crippen LogP contribution in [0.15, 0.2) is 12.3 Å². The molecule has 0 amide bonds. The van der Waals surface area contributed by atoms with Crippen LogP contribution in [-0.4, -0.2) is 21.5 Å². The molecule has 1 saturated carbocycles. The van der Waals surface area contributed by atoms with Gasteiger partial charge in [0, 0.05) is 12.7 Å². The highest BCUT2D eigenvalue weighted by Crippen LogP contribution is 2.27. The molecule has 0 bridgehead atoms. The van der Waals surface area contributed by atoms with Crippen molar-refractivity contribution < 1.29 is 0 Å². The van der Waals surface area contributed by atoms with Gasteiger partial charge in [-0.15, -0.1) is 0 Å². The molecule has 3 rings (SSSR count). The average molecular weight is 216 g/mol. The molecule has 0 aliphatic heterocycles. The molecule has 2 heterocycles. The Morgan fingerprint density at radius 2 is 2.38 bits per heavy atom. The maximum atomic E-state index is 4.33. The van der Waals surface area contributed by atoms with Gasteiger partial charge in [0.2, 0.25) is 0 Å². The fourth-order valence-electron chi connectivity index (χ4n) is 1.96. The van der Waals surface area contributed by atoms with E-state index in [4.69, 9.17) is 0 Å². The first-order valence-corrected chi connectivity index (χ1v) is 5.84. The van der Waals surface area contributed by atoms with Gasteiger partial charge in [0.1, 0.15) is 5.82 Å². The second kappa shape index (κ2) is 3.87. The number of H-pyrrole nitrogens is 1. The molecule has 2 aromatic rings. The molecule has 84 valence electrons. The van der Waals surface area contributed by atoms with Crippen molar-refractivity contribution in [3.8, 4) is 0 Å². The van der Waals surface area contributed by atoms with E-state index in [-0.39, 0.29) is 0 Å². The molecule has 0 spiro atoms. The van der Waals surface area contributed by atoms with Crippen molar-refractivity contribution in [2.75, 3.05) is 6.54 Å². The summed E-state index contributed by atoms with van der Waals surface area (Å²) in [6.07, 6.45) is 4.61. The van der Waals surface area contributed by atoms with E-state index in [0.29, 0.717) is 0 Å². The minimum atomic E-state index is 0.822. The fourth-order valence-corrected chi connectivity index (χ4v) is 1.96. The predicted octanol–water partition coefficient (Wildman–Crippen LogP) is 1.77. The van der Waals surface area contributed by atoms with Gasteiger partial charge in [-0.2, -0.15) is 0 Å². The van der Waals surface area contributed by atoms with E-state index >= 15 is 0 Å². The Morgan fingerprint density at radius 3 is 3.19 bits per heavy atom. The summed E-state index contributed by atoms with van der Waals surface area (Å²) < 4.78 is 0. The summed E-state index contributed by atoms with van der Waals surface area (Å²) in [7, 11) is 0. The van der Waals surface area contributed by atoms with Crippen LogP contribution < -0.4 is 5.32 Å². The lowest BCUT2D eigenvalue weighted by molar-refractivity contribution is 0.640. The molecule has 16 heavy (non-hydrogen) atoms. The maximum Gasteiger partial charge on any atom is 0.177 e. The standard InChI is InChI=1S/C12H16N4/c1-8-15-11-10(4-5-14-12(11)16-8)7-13-6-9-2-3-9/h4-5,9,13H,2-3,6-7H2,1H3,(H,14,15,16). The molecule has 2 N–H and O–H groups in total. The topological polar surface area (TPSA) is 53.6 Å². The van der Waals surface area contributed by atoms with Gasteiger partial charge in [0.15, 0.2) is 5.65 Å². The van der Waals surface area contributed by atoms with Crippen molar-refractivity contribution in [2.24, 2.45) is 5.92 Å². The summed E-state index contributed by atoms with van der Waals surface area (Å²) in [5, 5.41) is 3.49. The van der Waals surface area contributed by atoms with Crippen LogP contribution in [0.5, 0.6) is 0 Å². The zero-order valence-electron chi connectivity index (χ0n) is 9.45. The molecule has 4 heteroatoms. The Balaban J connectivity index is 1.78. The van der Waals surface area contributed by atoms with E-state index < -0.39 is 0 Å². The van der Waals surface area contributed by atoms with Crippen molar-refractivity contribution in [1.29, 1.82) is 0 Å². The summed E-state index contributed by atoms with van der Waals surface area (Å²) in [4.78, 5) is 11.9. The van der Waals surface area contributed by atoms with Crippen molar-refractivity contribution in [1.82, 2.24) is 20.3 Å². The molecule has 0 unspecified atom stereocenters. The molecule has 1 aliphatic carbocycles. The van der Waals surface area contributed by atoms with E-state index in [1.165, 1.54) is 18.4 Å². The van der Waals surface area contributed by atoms with Gasteiger partial charge in [-0.3, -0.25) is 0 Å². The first-order chi connectivity index (χ1) is 7.83. The summed E-state index contributed by atoms with van der Waals surface area (Å²) >= 11 is 0. The molecule has 1 fully saturated rings. The number of aryl methyl sites for hydroxylation is 1. The van der Waals surface area contributed by atoms with Crippen LogP contribution in [0, 0.1) is 12.8 Å². The second-order valence-electron chi connectivity index (χ2n) is 4.57. The predicted molar refractivity (Wildman–Crippen MR) is 63.1 cm³/mol. The number of pyridine rings is 1. The van der Waals surface area contributed by atoms with Crippen molar-refractivity contribution in [2.45, 2.75) is 26.3 Å². The van der Waals surface area contributed by atoms with E-state index in [1.54, 1.807) is 0 Å². The maximum absolute atomic E-state index is 4.33. The Morgan fingerprint density at radius 1 is 1.50 bits per heavy atom. The quantitative estimate of drug-likeness (QED) is 0.819. The molecular weight excluding hydrogens is 200 g/mol. The number of fused-ring (bicyclic) bond motifs is 1. The molecule has 1 aliphatic rings. The highest BCUT2D eigenvalue weighted by molar-refractivity contribution is 5.74. The van der Waals surface area contributed by atoms with E-state index in [9.17, 15) is 0 Å². The summed E-state index contributed by atoms with van der Waals surface area (Å²) in [5.74, 6) is 1.85. The van der Waals surface area contributed by atoms with Gasteiger partial charge in [0.05, 0.1) is 5.52 Å². The summed E-state index contributed by atoms with van der Waals surface area (Å²) in [6, 6.07) is 2.06. The highest BCUT2D eigenvalue weighted by atomic mass is 15.0. The minimum Gasteiger partial charge on any atom is -0.341 e. The van der Waals surface area contributed by atoms with Crippen molar-refractivity contribution in [3.05, 3.63) is 23.7 Å². The normalized spacial score (nSPS) is 15.8. The van der Waals surface area contributed by atoms with Crippen LogP contribution in [0.3, 0.4) is 0 Å². The van der Waals surface area contributed by atoms with Gasteiger partial charge < -0.3 is 10.3 Å². The average Bonchev–Trinajstić information content (AvgIpc) is 2.99. The molecule has 0 aromatic carbocycles. The van der Waals surface area contributed by atoms with E-state index in [0.717, 1.165) is 36.0 Å². The monoisotopic (exact) mass is 216 g/mol. The highest BCUT2D eigenvalue weighted by Gasteiger charge is 2.20. The first kappa shape index (κ1) is 9.78. The Kier molecular flexibility index (Phi) is 2.36. The molecule has 2 aromatic heterocycles. The number of hydrogen-bond donors (Lipinski definition) is 2. The number of hydrogen-bond acceptors (Lipinski definition) is 3. The van der Waals surface area contributed by atoms with Gasteiger partial charge >= 0.3 is 0 Å². The second-order valence-corrected chi connectivity index (χ2v) is 4.57. The summed E-state index contributed by atoms with van der Waals surface area (Å²) in [6.45, 7) is 4.00. The van der Waals surface area contributed by atoms with Crippen LogP contribution in [0.2, 0.25) is 0 Å². The third kappa shape index (κ3) is 1.93. The number of imidazole rings is 1. The summed E-state index contributed by atoms with van der Waals surface area (Å²) in [5.41, 5.74) is 3.15. The SMILES string of the molecule is Cc1nc2nccc(CNCC3CC3)c2[nH]1. The molecule has 0 radical (unpaired) electrons. The van der Waals surface area contributed by atoms with Gasteiger partial charge in [-0.25, -0.2) is 9.97 Å². The lowest BCUT2D eigenvalue weighted by atomic mass is 10.2. The van der Waals surface area contributed by atoms with Crippen LogP contribution in [0.25, 0.3) is 11.2 Å². The Labute approximate surface area is 94.5 Å². The number of rotatable bonds is 4. The zero-order valence-corrected chi connectivity index (χ0v) is 9.45. The third-order valence-corrected chi connectivity index (χ3v) is 3.04. The van der Waals surface area contributed by atoms with Crippen molar-refractivity contribution >= 4 is 11.2 Å². The molecule has 0 atom stereocenters. The smallest absolute Gasteiger partial charge is 0.177 e. The van der Waals surface area contributed by atoms with Crippen LogP contribution in [0.1, 0.15) is 24.2 Å².